The van der Waals surface area contributed by atoms with Gasteiger partial charge in [-0.3, -0.25) is 0 Å². The lowest BCUT2D eigenvalue weighted by Gasteiger charge is -2.19. The van der Waals surface area contributed by atoms with Gasteiger partial charge in [-0.2, -0.15) is 13.2 Å². The molecule has 10 heteroatoms. The number of carbonyl (C=O) groups excluding carboxylic acids is 1. The molecule has 0 aliphatic heterocycles. The molecule has 0 radical (unpaired) electrons. The Bertz CT molecular complexity index is 910. The normalized spacial score (nSPS) is 12.6. The molecule has 1 atom stereocenters. The molecule has 0 unspecified atom stereocenters. The number of amides is 1. The Kier molecular flexibility index (Phi) is 6.45. The molecule has 2 N–H and O–H groups in total. The van der Waals surface area contributed by atoms with Crippen molar-refractivity contribution >= 4 is 12.1 Å². The van der Waals surface area contributed by atoms with Crippen LogP contribution in [-0.4, -0.2) is 17.2 Å². The highest BCUT2D eigenvalue weighted by molar-refractivity contribution is 5.87. The van der Waals surface area contributed by atoms with Crippen LogP contribution in [0.3, 0.4) is 0 Å². The maximum Gasteiger partial charge on any atom is 0.417 e. The van der Waals surface area contributed by atoms with Crippen molar-refractivity contribution in [1.29, 1.82) is 0 Å². The molecule has 0 aliphatic carbocycles. The van der Waals surface area contributed by atoms with E-state index in [9.17, 15) is 31.5 Å². The minimum atomic E-state index is -5.05. The Morgan fingerprint density at radius 1 is 1.07 bits per heavy atom. The van der Waals surface area contributed by atoms with Crippen molar-refractivity contribution in [2.75, 3.05) is 0 Å². The van der Waals surface area contributed by atoms with Gasteiger partial charge in [-0.05, 0) is 43.7 Å². The second-order valence-corrected chi connectivity index (χ2v) is 6.13. The van der Waals surface area contributed by atoms with Gasteiger partial charge < -0.3 is 15.2 Å². The Labute approximate surface area is 162 Å². The van der Waals surface area contributed by atoms with Crippen molar-refractivity contribution in [2.45, 2.75) is 32.5 Å². The Morgan fingerprint density at radius 2 is 1.66 bits per heavy atom. The van der Waals surface area contributed by atoms with Crippen LogP contribution < -0.4 is 10.1 Å². The fraction of sp³-hybridized carbons (Fsp3) is 0.263. The second kappa shape index (κ2) is 8.46. The number of carboxylic acids is 1. The predicted octanol–water partition coefficient (Wildman–Crippen LogP) is 5.50. The molecular weight excluding hydrogens is 401 g/mol. The standard InChI is InChI=1S/C19H16F5NO4/c1-9-14(8-7-13(16(20)21)15(9)19(22,23)24)29-18(28)25-10(2)11-3-5-12(6-4-11)17(26)27/h3-8,10,16H,1-2H3,(H,25,28)(H,26,27)/t10-/m0/s1. The van der Waals surface area contributed by atoms with Crippen LogP contribution in [0.5, 0.6) is 5.75 Å². The van der Waals surface area contributed by atoms with Crippen LogP contribution in [0.25, 0.3) is 0 Å². The van der Waals surface area contributed by atoms with Crippen molar-refractivity contribution in [3.63, 3.8) is 0 Å². The SMILES string of the molecule is Cc1c(OC(=O)N[C@@H](C)c2ccc(C(=O)O)cc2)ccc(C(F)F)c1C(F)(F)F. The molecule has 0 aromatic heterocycles. The molecule has 1 amide bonds. The largest absolute Gasteiger partial charge is 0.478 e. The summed E-state index contributed by atoms with van der Waals surface area (Å²) in [5, 5.41) is 11.2. The first-order chi connectivity index (χ1) is 13.4. The third kappa shape index (κ3) is 5.21. The second-order valence-electron chi connectivity index (χ2n) is 6.13. The number of halogens is 5. The van der Waals surface area contributed by atoms with E-state index >= 15 is 0 Å². The predicted molar refractivity (Wildman–Crippen MR) is 92.1 cm³/mol. The van der Waals surface area contributed by atoms with Gasteiger partial charge in [-0.15, -0.1) is 0 Å². The number of benzene rings is 2. The van der Waals surface area contributed by atoms with Crippen LogP contribution in [0.1, 0.15) is 52.0 Å². The molecule has 0 aliphatic rings. The first-order valence-electron chi connectivity index (χ1n) is 8.22. The molecule has 2 aromatic carbocycles. The number of carboxylic acid groups (broad SMARTS) is 1. The van der Waals surface area contributed by atoms with Crippen LogP contribution in [0.15, 0.2) is 36.4 Å². The summed E-state index contributed by atoms with van der Waals surface area (Å²) in [6.07, 6.45) is -9.49. The zero-order chi connectivity index (χ0) is 21.9. The van der Waals surface area contributed by atoms with E-state index in [0.717, 1.165) is 13.0 Å². The number of aromatic carboxylic acids is 1. The fourth-order valence-electron chi connectivity index (χ4n) is 2.69. The average molecular weight is 417 g/mol. The maximum atomic E-state index is 13.2. The minimum absolute atomic E-state index is 0.0398. The molecule has 0 bridgehead atoms. The highest BCUT2D eigenvalue weighted by Gasteiger charge is 2.38. The zero-order valence-corrected chi connectivity index (χ0v) is 15.2. The van der Waals surface area contributed by atoms with Crippen LogP contribution in [0.4, 0.5) is 26.7 Å². The lowest BCUT2D eigenvalue weighted by Crippen LogP contribution is -2.30. The van der Waals surface area contributed by atoms with Crippen LogP contribution in [-0.2, 0) is 6.18 Å². The van der Waals surface area contributed by atoms with E-state index in [-0.39, 0.29) is 5.56 Å². The highest BCUT2D eigenvalue weighted by Crippen LogP contribution is 2.41. The first kappa shape index (κ1) is 22.1. The molecule has 0 fully saturated rings. The molecule has 0 heterocycles. The first-order valence-corrected chi connectivity index (χ1v) is 8.22. The van der Waals surface area contributed by atoms with Gasteiger partial charge >= 0.3 is 18.2 Å². The summed E-state index contributed by atoms with van der Waals surface area (Å²) >= 11 is 0. The number of hydrogen-bond acceptors (Lipinski definition) is 3. The van der Waals surface area contributed by atoms with Crippen LogP contribution in [0.2, 0.25) is 0 Å². The number of nitrogens with one attached hydrogen (secondary N) is 1. The molecule has 156 valence electrons. The van der Waals surface area contributed by atoms with Crippen molar-refractivity contribution < 1.29 is 41.4 Å². The van der Waals surface area contributed by atoms with E-state index < -0.39 is 53.1 Å². The average Bonchev–Trinajstić information content (AvgIpc) is 2.61. The van der Waals surface area contributed by atoms with E-state index in [2.05, 4.69) is 5.32 Å². The van der Waals surface area contributed by atoms with Gasteiger partial charge in [-0.1, -0.05) is 12.1 Å². The molecule has 2 rings (SSSR count). The lowest BCUT2D eigenvalue weighted by atomic mass is 10.0. The highest BCUT2D eigenvalue weighted by atomic mass is 19.4. The van der Waals surface area contributed by atoms with Gasteiger partial charge in [0.1, 0.15) is 5.75 Å². The summed E-state index contributed by atoms with van der Waals surface area (Å²) in [4.78, 5) is 22.9. The summed E-state index contributed by atoms with van der Waals surface area (Å²) in [6, 6.07) is 6.34. The Balaban J connectivity index is 2.19. The number of alkyl halides is 5. The van der Waals surface area contributed by atoms with Gasteiger partial charge in [-0.25, -0.2) is 18.4 Å². The summed E-state index contributed by atoms with van der Waals surface area (Å²) in [6.45, 7) is 2.48. The van der Waals surface area contributed by atoms with Crippen molar-refractivity contribution in [3.8, 4) is 5.75 Å². The lowest BCUT2D eigenvalue weighted by molar-refractivity contribution is -0.140. The third-order valence-electron chi connectivity index (χ3n) is 4.16. The van der Waals surface area contributed by atoms with Gasteiger partial charge in [0, 0.05) is 11.1 Å². The van der Waals surface area contributed by atoms with E-state index in [1.54, 1.807) is 6.92 Å². The number of hydrogen-bond donors (Lipinski definition) is 2. The molecule has 0 saturated heterocycles. The quantitative estimate of drug-likeness (QED) is 0.630. The van der Waals surface area contributed by atoms with E-state index in [1.807, 2.05) is 0 Å². The van der Waals surface area contributed by atoms with Crippen molar-refractivity contribution in [1.82, 2.24) is 5.32 Å². The number of ether oxygens (including phenoxy) is 1. The molecule has 0 spiro atoms. The van der Waals surface area contributed by atoms with Gasteiger partial charge in [0.15, 0.2) is 0 Å². The smallest absolute Gasteiger partial charge is 0.417 e. The maximum absolute atomic E-state index is 13.2. The molecule has 29 heavy (non-hydrogen) atoms. The van der Waals surface area contributed by atoms with Crippen molar-refractivity contribution in [2.24, 2.45) is 0 Å². The third-order valence-corrected chi connectivity index (χ3v) is 4.16. The van der Waals surface area contributed by atoms with Gasteiger partial charge in [0.25, 0.3) is 6.43 Å². The number of rotatable bonds is 5. The van der Waals surface area contributed by atoms with E-state index in [0.29, 0.717) is 11.6 Å². The van der Waals surface area contributed by atoms with E-state index in [1.165, 1.54) is 24.3 Å². The zero-order valence-electron chi connectivity index (χ0n) is 15.2. The topological polar surface area (TPSA) is 75.6 Å². The molecular formula is C19H16F5NO4. The summed E-state index contributed by atoms with van der Waals surface area (Å²) in [5.74, 6) is -1.63. The van der Waals surface area contributed by atoms with Gasteiger partial charge in [0.05, 0.1) is 17.2 Å². The monoisotopic (exact) mass is 417 g/mol. The Hall–Kier alpha value is -3.17. The van der Waals surface area contributed by atoms with Crippen LogP contribution in [0, 0.1) is 6.92 Å². The fourth-order valence-corrected chi connectivity index (χ4v) is 2.69. The molecule has 5 nitrogen and oxygen atoms in total. The summed E-state index contributed by atoms with van der Waals surface area (Å²) in [5.41, 5.74) is -2.82. The van der Waals surface area contributed by atoms with Gasteiger partial charge in [0.2, 0.25) is 0 Å². The summed E-state index contributed by atoms with van der Waals surface area (Å²) < 4.78 is 70.2. The molecule has 2 aromatic rings. The Morgan fingerprint density at radius 3 is 2.14 bits per heavy atom. The molecule has 0 saturated carbocycles. The minimum Gasteiger partial charge on any atom is -0.478 e. The number of carbonyl (C=O) groups is 2. The van der Waals surface area contributed by atoms with Crippen molar-refractivity contribution in [3.05, 3.63) is 64.2 Å². The van der Waals surface area contributed by atoms with E-state index in [4.69, 9.17) is 9.84 Å². The van der Waals surface area contributed by atoms with Crippen LogP contribution >= 0.6 is 0 Å². The summed E-state index contributed by atoms with van der Waals surface area (Å²) in [7, 11) is 0.